The molecule has 1 aliphatic heterocycles. The Labute approximate surface area is 338 Å². The van der Waals surface area contributed by atoms with Crippen LogP contribution in [0.3, 0.4) is 0 Å². The zero-order valence-electron chi connectivity index (χ0n) is 34.9. The van der Waals surface area contributed by atoms with Gasteiger partial charge in [-0.15, -0.1) is 0 Å². The molecule has 3 heterocycles. The Morgan fingerprint density at radius 1 is 0.534 bits per heavy atom. The zero-order valence-corrected chi connectivity index (χ0v) is 34.9. The third-order valence-corrected chi connectivity index (χ3v) is 12.7. The molecular formula is C52H48F3N3. The Hall–Kier alpha value is -5.80. The Morgan fingerprint density at radius 2 is 0.931 bits per heavy atom. The minimum absolute atomic E-state index is 0.127. The summed E-state index contributed by atoms with van der Waals surface area (Å²) in [6.07, 6.45) is 0.844. The molecule has 0 radical (unpaired) electrons. The van der Waals surface area contributed by atoms with Gasteiger partial charge in [0.2, 0.25) is 0 Å². The summed E-state index contributed by atoms with van der Waals surface area (Å²) in [6.45, 7) is 22.1. The van der Waals surface area contributed by atoms with Crippen molar-refractivity contribution in [3.63, 3.8) is 0 Å². The SMILES string of the molecule is CC(C)(C)c1ccc2c3ccc4cc3n(c2c1)-c1cc(-c2c(F)ccc(F)c2F)cc(c1C#N)-n1c2cc(C(C)(C)C)ccc2c2ccc(cc21)C(C)(C)CC4(C)C. The van der Waals surface area contributed by atoms with Crippen molar-refractivity contribution < 1.29 is 13.2 Å². The van der Waals surface area contributed by atoms with E-state index in [-0.39, 0.29) is 27.2 Å². The second kappa shape index (κ2) is 12.4. The van der Waals surface area contributed by atoms with Gasteiger partial charge in [-0.3, -0.25) is 0 Å². The second-order valence-electron chi connectivity index (χ2n) is 19.8. The first-order valence-corrected chi connectivity index (χ1v) is 20.1. The van der Waals surface area contributed by atoms with Gasteiger partial charge in [0.1, 0.15) is 17.4 Å². The Bertz CT molecular complexity index is 2930. The van der Waals surface area contributed by atoms with Gasteiger partial charge in [0.25, 0.3) is 0 Å². The fraction of sp³-hybridized carbons (Fsp3) is 0.288. The highest BCUT2D eigenvalue weighted by atomic mass is 19.2. The van der Waals surface area contributed by atoms with E-state index in [0.717, 1.165) is 84.4 Å². The van der Waals surface area contributed by atoms with Crippen LogP contribution in [0.4, 0.5) is 13.2 Å². The van der Waals surface area contributed by atoms with Crippen molar-refractivity contribution >= 4 is 43.6 Å². The largest absolute Gasteiger partial charge is 0.308 e. The monoisotopic (exact) mass is 771 g/mol. The van der Waals surface area contributed by atoms with E-state index in [2.05, 4.69) is 157 Å². The van der Waals surface area contributed by atoms with Gasteiger partial charge in [-0.1, -0.05) is 118 Å². The molecule has 0 N–H and O–H groups in total. The van der Waals surface area contributed by atoms with Crippen LogP contribution in [0.2, 0.25) is 0 Å². The van der Waals surface area contributed by atoms with Crippen molar-refractivity contribution in [3.05, 3.63) is 142 Å². The van der Waals surface area contributed by atoms with Crippen molar-refractivity contribution in [2.24, 2.45) is 0 Å². The Kier molecular flexibility index (Phi) is 8.04. The van der Waals surface area contributed by atoms with Crippen LogP contribution in [0, 0.1) is 28.8 Å². The first-order chi connectivity index (χ1) is 27.2. The number of nitriles is 1. The van der Waals surface area contributed by atoms with E-state index < -0.39 is 23.0 Å². The Balaban J connectivity index is 1.57. The van der Waals surface area contributed by atoms with Gasteiger partial charge >= 0.3 is 0 Å². The lowest BCUT2D eigenvalue weighted by atomic mass is 9.68. The van der Waals surface area contributed by atoms with Gasteiger partial charge in [0.15, 0.2) is 11.6 Å². The highest BCUT2D eigenvalue weighted by Gasteiger charge is 2.34. The van der Waals surface area contributed by atoms with Crippen LogP contribution in [-0.4, -0.2) is 9.13 Å². The van der Waals surface area contributed by atoms with Gasteiger partial charge < -0.3 is 9.13 Å². The van der Waals surface area contributed by atoms with Gasteiger partial charge in [-0.25, -0.2) is 13.2 Å². The first kappa shape index (κ1) is 37.8. The maximum atomic E-state index is 16.1. The number of nitrogens with zero attached hydrogens (tertiary/aromatic N) is 3. The zero-order chi connectivity index (χ0) is 41.4. The van der Waals surface area contributed by atoms with E-state index in [4.69, 9.17) is 0 Å². The van der Waals surface area contributed by atoms with Gasteiger partial charge in [0.05, 0.1) is 39.0 Å². The molecule has 6 heteroatoms. The number of rotatable bonds is 1. The summed E-state index contributed by atoms with van der Waals surface area (Å²) in [4.78, 5) is 0. The molecule has 1 aliphatic rings. The van der Waals surface area contributed by atoms with Crippen LogP contribution in [0.1, 0.15) is 103 Å². The second-order valence-corrected chi connectivity index (χ2v) is 19.8. The van der Waals surface area contributed by atoms with Crippen molar-refractivity contribution in [1.29, 1.82) is 5.26 Å². The maximum absolute atomic E-state index is 16.1. The smallest absolute Gasteiger partial charge is 0.169 e. The molecule has 0 unspecified atom stereocenters. The van der Waals surface area contributed by atoms with Crippen LogP contribution in [0.5, 0.6) is 0 Å². The summed E-state index contributed by atoms with van der Waals surface area (Å²) in [5, 5.41) is 15.5. The molecule has 3 nitrogen and oxygen atoms in total. The van der Waals surface area contributed by atoms with Crippen LogP contribution >= 0.6 is 0 Å². The summed E-state index contributed by atoms with van der Waals surface area (Å²) in [7, 11) is 0. The molecule has 2 aromatic heterocycles. The van der Waals surface area contributed by atoms with E-state index in [1.54, 1.807) is 12.1 Å². The third kappa shape index (κ3) is 5.61. The topological polar surface area (TPSA) is 33.6 Å². The van der Waals surface area contributed by atoms with Gasteiger partial charge in [0, 0.05) is 21.5 Å². The number of benzene rings is 6. The molecular weight excluding hydrogens is 724 g/mol. The number of halogens is 3. The first-order valence-electron chi connectivity index (χ1n) is 20.1. The van der Waals surface area contributed by atoms with Crippen LogP contribution in [0.15, 0.2) is 97.1 Å². The predicted molar refractivity (Wildman–Crippen MR) is 233 cm³/mol. The van der Waals surface area contributed by atoms with Crippen LogP contribution < -0.4 is 0 Å². The van der Waals surface area contributed by atoms with Gasteiger partial charge in [-0.2, -0.15) is 5.26 Å². The highest BCUT2D eigenvalue weighted by molar-refractivity contribution is 6.12. The lowest BCUT2D eigenvalue weighted by molar-refractivity contribution is 0.349. The molecule has 0 saturated heterocycles. The van der Waals surface area contributed by atoms with Crippen molar-refractivity contribution in [3.8, 4) is 28.6 Å². The molecule has 0 spiro atoms. The molecule has 8 aromatic rings. The lowest BCUT2D eigenvalue weighted by Gasteiger charge is -2.36. The fourth-order valence-electron chi connectivity index (χ4n) is 9.66. The molecule has 6 bridgehead atoms. The number of fused-ring (bicyclic) bond motifs is 12. The maximum Gasteiger partial charge on any atom is 0.169 e. The molecule has 0 fully saturated rings. The van der Waals surface area contributed by atoms with Crippen LogP contribution in [0.25, 0.3) is 66.1 Å². The average Bonchev–Trinajstić information content (AvgIpc) is 3.66. The highest BCUT2D eigenvalue weighted by Crippen LogP contribution is 2.46. The van der Waals surface area contributed by atoms with E-state index in [1.807, 2.05) is 0 Å². The molecule has 0 amide bonds. The quantitative estimate of drug-likeness (QED) is 0.153. The van der Waals surface area contributed by atoms with Crippen molar-refractivity contribution in [1.82, 2.24) is 9.13 Å². The van der Waals surface area contributed by atoms with E-state index >= 15 is 13.2 Å². The summed E-state index contributed by atoms with van der Waals surface area (Å²) < 4.78 is 51.5. The summed E-state index contributed by atoms with van der Waals surface area (Å²) in [5.74, 6) is -3.32. The standard InChI is InChI=1S/C52H48F3N3/c1-49(2,3)30-11-15-34-36-17-13-32-25-45(36)57(43(34)23-30)41-21-29(47-39(53)19-20-40(54)48(47)55)22-42(38(41)27-56)58-44-24-31(50(4,5)6)12-16-35(44)37-18-14-33(26-46(37)58)52(9,10)28-51(32,7)8/h11-26H,28H2,1-10H3. The Morgan fingerprint density at radius 3 is 1.34 bits per heavy atom. The minimum atomic E-state index is -1.28. The van der Waals surface area contributed by atoms with E-state index in [9.17, 15) is 5.26 Å². The molecule has 9 rings (SSSR count). The molecule has 0 saturated carbocycles. The molecule has 0 atom stereocenters. The summed E-state index contributed by atoms with van der Waals surface area (Å²) >= 11 is 0. The minimum Gasteiger partial charge on any atom is -0.308 e. The normalized spacial score (nSPS) is 15.2. The third-order valence-electron chi connectivity index (χ3n) is 12.7. The molecule has 0 aliphatic carbocycles. The van der Waals surface area contributed by atoms with E-state index in [0.29, 0.717) is 16.9 Å². The van der Waals surface area contributed by atoms with E-state index in [1.165, 1.54) is 0 Å². The number of hydrogen-bond acceptors (Lipinski definition) is 1. The molecule has 6 aromatic carbocycles. The van der Waals surface area contributed by atoms with Gasteiger partial charge in [-0.05, 0) is 104 Å². The average molecular weight is 772 g/mol. The summed E-state index contributed by atoms with van der Waals surface area (Å²) in [6, 6.07) is 33.8. The van der Waals surface area contributed by atoms with Crippen molar-refractivity contribution in [2.75, 3.05) is 0 Å². The number of hydrogen-bond donors (Lipinski definition) is 0. The molecule has 292 valence electrons. The lowest BCUT2D eigenvalue weighted by Crippen LogP contribution is -2.30. The van der Waals surface area contributed by atoms with Crippen LogP contribution in [-0.2, 0) is 21.7 Å². The molecule has 58 heavy (non-hydrogen) atoms. The predicted octanol–water partition coefficient (Wildman–Crippen LogP) is 14.4. The summed E-state index contributed by atoms with van der Waals surface area (Å²) in [5.41, 5.74) is 7.84. The van der Waals surface area contributed by atoms with Crippen molar-refractivity contribution in [2.45, 2.75) is 97.3 Å². The number of aromatic nitrogens is 2. The fourth-order valence-corrected chi connectivity index (χ4v) is 9.66.